The Kier molecular flexibility index (Phi) is 7.63. The van der Waals surface area contributed by atoms with Gasteiger partial charge >= 0.3 is 0 Å². The average Bonchev–Trinajstić information content (AvgIpc) is 3.14. The third-order valence-electron chi connectivity index (χ3n) is 5.65. The lowest BCUT2D eigenvalue weighted by atomic mass is 9.67. The first-order valence-electron chi connectivity index (χ1n) is 9.58. The third-order valence-corrected chi connectivity index (χ3v) is 6.60. The predicted molar refractivity (Wildman–Crippen MR) is 115 cm³/mol. The zero-order valence-electron chi connectivity index (χ0n) is 16.0. The minimum absolute atomic E-state index is 0.128. The molecule has 2 aromatic rings. The van der Waals surface area contributed by atoms with E-state index in [0.29, 0.717) is 25.5 Å². The maximum absolute atomic E-state index is 11.6. The van der Waals surface area contributed by atoms with Gasteiger partial charge in [-0.15, -0.1) is 5.10 Å². The van der Waals surface area contributed by atoms with E-state index in [1.165, 1.54) is 0 Å². The number of nitrogen functional groups attached to an aromatic ring is 1. The summed E-state index contributed by atoms with van der Waals surface area (Å²) in [5.74, 6) is 0.836. The zero-order chi connectivity index (χ0) is 20.9. The van der Waals surface area contributed by atoms with Crippen LogP contribution in [0.2, 0.25) is 0 Å². The van der Waals surface area contributed by atoms with Crippen molar-refractivity contribution in [3.63, 3.8) is 0 Å². The van der Waals surface area contributed by atoms with Crippen molar-refractivity contribution in [3.05, 3.63) is 34.3 Å². The molecule has 11 heteroatoms. The van der Waals surface area contributed by atoms with E-state index < -0.39 is 11.3 Å². The fraction of sp³-hybridized carbons (Fsp3) is 0.556. The highest BCUT2D eigenvalue weighted by molar-refractivity contribution is 9.10. The van der Waals surface area contributed by atoms with Crippen LogP contribution < -0.4 is 15.4 Å². The van der Waals surface area contributed by atoms with Gasteiger partial charge in [-0.1, -0.05) is 34.5 Å². The molecule has 1 fully saturated rings. The fourth-order valence-corrected chi connectivity index (χ4v) is 4.97. The first-order chi connectivity index (χ1) is 13.9. The molecule has 2 unspecified atom stereocenters. The summed E-state index contributed by atoms with van der Waals surface area (Å²) < 4.78 is 27.0. The molecule has 1 saturated heterocycles. The molecule has 1 aromatic carbocycles. The molecule has 2 heterocycles. The van der Waals surface area contributed by atoms with Crippen molar-refractivity contribution in [2.75, 3.05) is 30.3 Å². The number of aromatic amines is 1. The van der Waals surface area contributed by atoms with E-state index in [1.54, 1.807) is 0 Å². The van der Waals surface area contributed by atoms with E-state index in [2.05, 4.69) is 40.7 Å². The van der Waals surface area contributed by atoms with Crippen molar-refractivity contribution in [1.82, 2.24) is 19.9 Å². The molecule has 1 aliphatic rings. The monoisotopic (exact) mass is 485 g/mol. The highest BCUT2D eigenvalue weighted by atomic mass is 79.9. The number of nitrogens with one attached hydrogen (secondary N) is 2. The minimum atomic E-state index is -2.40. The second-order valence-electron chi connectivity index (χ2n) is 7.39. The molecule has 0 bridgehead atoms. The summed E-state index contributed by atoms with van der Waals surface area (Å²) in [4.78, 5) is 6.26. The lowest BCUT2D eigenvalue weighted by Crippen LogP contribution is -2.47. The van der Waals surface area contributed by atoms with Crippen LogP contribution in [0, 0.1) is 5.41 Å². The average molecular weight is 486 g/mol. The Balaban J connectivity index is 1.87. The van der Waals surface area contributed by atoms with Gasteiger partial charge in [0.25, 0.3) is 0 Å². The number of unbranched alkanes of at least 4 members (excludes halogenated alkanes) is 1. The Morgan fingerprint density at radius 1 is 1.34 bits per heavy atom. The molecule has 2 atom stereocenters. The van der Waals surface area contributed by atoms with Crippen LogP contribution in [0.1, 0.15) is 43.7 Å². The van der Waals surface area contributed by atoms with Crippen LogP contribution in [0.25, 0.3) is 0 Å². The lowest BCUT2D eigenvalue weighted by molar-refractivity contribution is 0.132. The number of benzene rings is 1. The number of aliphatic hydroxyl groups excluding tert-OH is 1. The molecule has 0 saturated carbocycles. The number of rotatable bonds is 9. The third kappa shape index (κ3) is 5.54. The Labute approximate surface area is 181 Å². The Hall–Kier alpha value is -1.53. The molecule has 1 aromatic heterocycles. The maximum Gasteiger partial charge on any atom is 0.246 e. The van der Waals surface area contributed by atoms with Gasteiger partial charge in [0, 0.05) is 41.5 Å². The predicted octanol–water partition coefficient (Wildman–Crippen LogP) is 2.02. The summed E-state index contributed by atoms with van der Waals surface area (Å²) in [6, 6.07) is 7.39. The smallest absolute Gasteiger partial charge is 0.246 e. The number of piperidine rings is 1. The van der Waals surface area contributed by atoms with E-state index in [1.807, 2.05) is 24.3 Å². The van der Waals surface area contributed by atoms with E-state index in [9.17, 15) is 13.9 Å². The molecule has 160 valence electrons. The highest BCUT2D eigenvalue weighted by Crippen LogP contribution is 2.47. The number of nitrogens with two attached hydrogens (primary N) is 1. The van der Waals surface area contributed by atoms with Crippen LogP contribution in [0.3, 0.4) is 0 Å². The first-order valence-corrected chi connectivity index (χ1v) is 11.4. The van der Waals surface area contributed by atoms with Gasteiger partial charge in [-0.2, -0.15) is 4.98 Å². The molecule has 0 radical (unpaired) electrons. The van der Waals surface area contributed by atoms with Crippen molar-refractivity contribution in [1.29, 1.82) is 0 Å². The molecule has 29 heavy (non-hydrogen) atoms. The van der Waals surface area contributed by atoms with Gasteiger partial charge in [0.15, 0.2) is 0 Å². The lowest BCUT2D eigenvalue weighted by Gasteiger charge is -2.47. The van der Waals surface area contributed by atoms with Gasteiger partial charge in [-0.3, -0.25) is 4.21 Å². The molecule has 0 amide bonds. The number of aromatic nitrogens is 3. The Bertz CT molecular complexity index is 810. The molecular formula is C18H26BrN6O3S-. The largest absolute Gasteiger partial charge is 0.760 e. The standard InChI is InChI=1S/C18H27BrN6O3S/c19-14-5-3-13(4-6-14)15(24-29(27)28)18(7-1-2-12-26)8-10-25(11-9-18)17-21-16(20)22-23-17/h3-6,15,24,26H,1-2,7-12H2,(H,27,28)(H3,20,21,22,23)/p-1. The first kappa shape index (κ1) is 22.2. The number of nitrogens with zero attached hydrogens (tertiary/aromatic N) is 3. The van der Waals surface area contributed by atoms with Gasteiger partial charge in [0.2, 0.25) is 11.9 Å². The van der Waals surface area contributed by atoms with E-state index in [4.69, 9.17) is 5.73 Å². The summed E-state index contributed by atoms with van der Waals surface area (Å²) in [6.07, 6.45) is 3.85. The minimum Gasteiger partial charge on any atom is -0.760 e. The Morgan fingerprint density at radius 2 is 2.03 bits per heavy atom. The molecule has 0 spiro atoms. The Morgan fingerprint density at radius 3 is 2.59 bits per heavy atom. The molecular weight excluding hydrogens is 460 g/mol. The van der Waals surface area contributed by atoms with Gasteiger partial charge < -0.3 is 20.3 Å². The van der Waals surface area contributed by atoms with E-state index in [-0.39, 0.29) is 24.0 Å². The molecule has 9 nitrogen and oxygen atoms in total. The van der Waals surface area contributed by atoms with E-state index in [0.717, 1.165) is 35.7 Å². The van der Waals surface area contributed by atoms with Crippen molar-refractivity contribution in [2.24, 2.45) is 5.41 Å². The number of hydrogen-bond acceptors (Lipinski definition) is 7. The van der Waals surface area contributed by atoms with Gasteiger partial charge in [0.1, 0.15) is 0 Å². The summed E-state index contributed by atoms with van der Waals surface area (Å²) in [5.41, 5.74) is 6.30. The molecule has 5 N–H and O–H groups in total. The quantitative estimate of drug-likeness (QED) is 0.314. The molecule has 1 aliphatic heterocycles. The second-order valence-corrected chi connectivity index (χ2v) is 9.01. The second kappa shape index (κ2) is 9.98. The summed E-state index contributed by atoms with van der Waals surface area (Å²) in [6.45, 7) is 1.51. The van der Waals surface area contributed by atoms with Crippen molar-refractivity contribution < 1.29 is 13.9 Å². The SMILES string of the molecule is Nc1nc(N2CCC(CCCCO)(C(NS(=O)[O-])c3ccc(Br)cc3)CC2)n[nH]1. The van der Waals surface area contributed by atoms with Gasteiger partial charge in [0.05, 0.1) is 0 Å². The number of H-pyrrole nitrogens is 1. The number of halogens is 1. The normalized spacial score (nSPS) is 18.5. The van der Waals surface area contributed by atoms with Crippen molar-refractivity contribution in [2.45, 2.75) is 38.1 Å². The van der Waals surface area contributed by atoms with Crippen LogP contribution in [-0.2, 0) is 11.3 Å². The number of anilines is 2. The van der Waals surface area contributed by atoms with Crippen LogP contribution in [0.4, 0.5) is 11.9 Å². The zero-order valence-corrected chi connectivity index (χ0v) is 18.4. The molecule has 3 rings (SSSR count). The van der Waals surface area contributed by atoms with E-state index >= 15 is 0 Å². The molecule has 0 aliphatic carbocycles. The number of aliphatic hydroxyl groups is 1. The summed E-state index contributed by atoms with van der Waals surface area (Å²) >= 11 is 1.04. The van der Waals surface area contributed by atoms with Crippen molar-refractivity contribution in [3.8, 4) is 0 Å². The van der Waals surface area contributed by atoms with Crippen LogP contribution in [-0.4, -0.2) is 48.7 Å². The van der Waals surface area contributed by atoms with Crippen LogP contribution in [0.15, 0.2) is 28.7 Å². The van der Waals surface area contributed by atoms with Crippen LogP contribution >= 0.6 is 15.9 Å². The number of hydrogen-bond donors (Lipinski definition) is 4. The van der Waals surface area contributed by atoms with Crippen LogP contribution in [0.5, 0.6) is 0 Å². The maximum atomic E-state index is 11.6. The van der Waals surface area contributed by atoms with Gasteiger partial charge in [-0.05, 0) is 48.8 Å². The fourth-order valence-electron chi connectivity index (χ4n) is 4.13. The van der Waals surface area contributed by atoms with Gasteiger partial charge in [-0.25, -0.2) is 9.82 Å². The van der Waals surface area contributed by atoms with Crippen molar-refractivity contribution >= 4 is 39.1 Å². The summed E-state index contributed by atoms with van der Waals surface area (Å²) in [7, 11) is 0. The summed E-state index contributed by atoms with van der Waals surface area (Å²) in [5, 5.41) is 16.0. The highest BCUT2D eigenvalue weighted by Gasteiger charge is 2.42. The topological polar surface area (TPSA) is 143 Å².